The predicted octanol–water partition coefficient (Wildman–Crippen LogP) is 2.25. The van der Waals surface area contributed by atoms with Crippen LogP contribution < -0.4 is 4.74 Å². The van der Waals surface area contributed by atoms with E-state index in [0.717, 1.165) is 30.6 Å². The topological polar surface area (TPSA) is 72.3 Å². The van der Waals surface area contributed by atoms with Crippen molar-refractivity contribution in [2.24, 2.45) is 0 Å². The molecule has 92 valence electrons. The van der Waals surface area contributed by atoms with E-state index in [1.54, 1.807) is 0 Å². The highest BCUT2D eigenvalue weighted by Gasteiger charge is 2.09. The maximum atomic E-state index is 13.2. The Morgan fingerprint density at radius 1 is 1.22 bits per heavy atom. The van der Waals surface area contributed by atoms with Crippen LogP contribution in [0.3, 0.4) is 0 Å². The third kappa shape index (κ3) is 2.57. The van der Waals surface area contributed by atoms with Gasteiger partial charge < -0.3 is 9.84 Å². The van der Waals surface area contributed by atoms with Crippen LogP contribution in [0.15, 0.2) is 30.6 Å². The SMILES string of the molecule is O=C(O)c1cnc(Oc2cc(F)ccc2F)cn1. The van der Waals surface area contributed by atoms with Crippen LogP contribution in [0.4, 0.5) is 8.78 Å². The molecule has 1 aromatic heterocycles. The van der Waals surface area contributed by atoms with Crippen molar-refractivity contribution in [3.8, 4) is 11.6 Å². The highest BCUT2D eigenvalue weighted by Crippen LogP contribution is 2.23. The molecule has 0 radical (unpaired) electrons. The molecular formula is C11H6F2N2O3. The van der Waals surface area contributed by atoms with Gasteiger partial charge in [-0.2, -0.15) is 0 Å². The van der Waals surface area contributed by atoms with E-state index in [1.807, 2.05) is 0 Å². The number of carboxylic acid groups (broad SMARTS) is 1. The monoisotopic (exact) mass is 252 g/mol. The van der Waals surface area contributed by atoms with Crippen LogP contribution in [0.25, 0.3) is 0 Å². The zero-order valence-electron chi connectivity index (χ0n) is 8.80. The number of nitrogens with zero attached hydrogens (tertiary/aromatic N) is 2. The average molecular weight is 252 g/mol. The van der Waals surface area contributed by atoms with Crippen LogP contribution in [-0.2, 0) is 0 Å². The normalized spacial score (nSPS) is 10.1. The molecule has 0 unspecified atom stereocenters. The number of rotatable bonds is 3. The lowest BCUT2D eigenvalue weighted by molar-refractivity contribution is 0.0690. The second-order valence-electron chi connectivity index (χ2n) is 3.22. The molecule has 0 saturated carbocycles. The number of hydrogen-bond acceptors (Lipinski definition) is 4. The van der Waals surface area contributed by atoms with Crippen LogP contribution in [-0.4, -0.2) is 21.0 Å². The van der Waals surface area contributed by atoms with E-state index < -0.39 is 17.6 Å². The highest BCUT2D eigenvalue weighted by molar-refractivity contribution is 5.84. The maximum Gasteiger partial charge on any atom is 0.356 e. The summed E-state index contributed by atoms with van der Waals surface area (Å²) in [4.78, 5) is 17.7. The highest BCUT2D eigenvalue weighted by atomic mass is 19.1. The molecule has 5 nitrogen and oxygen atoms in total. The number of hydrogen-bond donors (Lipinski definition) is 1. The molecule has 0 bridgehead atoms. The fraction of sp³-hybridized carbons (Fsp3) is 0. The Labute approximate surface area is 99.7 Å². The number of benzene rings is 1. The van der Waals surface area contributed by atoms with Gasteiger partial charge in [-0.05, 0) is 12.1 Å². The van der Waals surface area contributed by atoms with E-state index in [2.05, 4.69) is 9.97 Å². The average Bonchev–Trinajstić information content (AvgIpc) is 2.34. The van der Waals surface area contributed by atoms with Crippen molar-refractivity contribution in [2.75, 3.05) is 0 Å². The van der Waals surface area contributed by atoms with Crippen molar-refractivity contribution in [1.29, 1.82) is 0 Å². The van der Waals surface area contributed by atoms with Gasteiger partial charge in [0, 0.05) is 6.07 Å². The maximum absolute atomic E-state index is 13.2. The summed E-state index contributed by atoms with van der Waals surface area (Å²) in [7, 11) is 0. The molecule has 2 rings (SSSR count). The van der Waals surface area contributed by atoms with Gasteiger partial charge >= 0.3 is 5.97 Å². The van der Waals surface area contributed by atoms with Crippen molar-refractivity contribution in [1.82, 2.24) is 9.97 Å². The van der Waals surface area contributed by atoms with Gasteiger partial charge in [0.25, 0.3) is 0 Å². The molecule has 0 amide bonds. The summed E-state index contributed by atoms with van der Waals surface area (Å²) in [5.41, 5.74) is -0.276. The van der Waals surface area contributed by atoms with E-state index in [9.17, 15) is 13.6 Å². The minimum atomic E-state index is -1.24. The second kappa shape index (κ2) is 4.74. The number of carbonyl (C=O) groups is 1. The van der Waals surface area contributed by atoms with Crippen molar-refractivity contribution in [3.63, 3.8) is 0 Å². The van der Waals surface area contributed by atoms with Gasteiger partial charge in [-0.25, -0.2) is 23.5 Å². The molecule has 1 heterocycles. The van der Waals surface area contributed by atoms with Crippen molar-refractivity contribution >= 4 is 5.97 Å². The lowest BCUT2D eigenvalue weighted by Crippen LogP contribution is -2.01. The number of ether oxygens (including phenoxy) is 1. The van der Waals surface area contributed by atoms with Crippen molar-refractivity contribution in [3.05, 3.63) is 47.9 Å². The summed E-state index contributed by atoms with van der Waals surface area (Å²) in [6.07, 6.45) is 1.96. The fourth-order valence-corrected chi connectivity index (χ4v) is 1.15. The molecule has 0 spiro atoms. The van der Waals surface area contributed by atoms with Gasteiger partial charge in [-0.15, -0.1) is 0 Å². The molecule has 0 aliphatic heterocycles. The summed E-state index contributed by atoms with van der Waals surface area (Å²) in [6.45, 7) is 0. The summed E-state index contributed by atoms with van der Waals surface area (Å²) in [5.74, 6) is -3.16. The summed E-state index contributed by atoms with van der Waals surface area (Å²) in [5, 5.41) is 8.59. The Hall–Kier alpha value is -2.57. The second-order valence-corrected chi connectivity index (χ2v) is 3.22. The van der Waals surface area contributed by atoms with Crippen LogP contribution in [0.1, 0.15) is 10.5 Å². The molecule has 1 N–H and O–H groups in total. The number of aromatic nitrogens is 2. The van der Waals surface area contributed by atoms with E-state index >= 15 is 0 Å². The quantitative estimate of drug-likeness (QED) is 0.906. The molecule has 0 fully saturated rings. The number of carboxylic acids is 1. The Balaban J connectivity index is 2.23. The molecule has 0 aliphatic carbocycles. The van der Waals surface area contributed by atoms with Gasteiger partial charge in [0.2, 0.25) is 5.88 Å². The minimum Gasteiger partial charge on any atom is -0.476 e. The first-order valence-corrected chi connectivity index (χ1v) is 4.74. The largest absolute Gasteiger partial charge is 0.476 e. The lowest BCUT2D eigenvalue weighted by atomic mass is 10.3. The molecule has 0 aliphatic rings. The van der Waals surface area contributed by atoms with E-state index in [1.165, 1.54) is 0 Å². The Kier molecular flexibility index (Phi) is 3.13. The molecule has 2 aromatic rings. The first kappa shape index (κ1) is 11.9. The number of aromatic carboxylic acids is 1. The van der Waals surface area contributed by atoms with Gasteiger partial charge in [0.05, 0.1) is 12.4 Å². The first-order chi connectivity index (χ1) is 8.56. The van der Waals surface area contributed by atoms with Gasteiger partial charge in [-0.1, -0.05) is 0 Å². The minimum absolute atomic E-state index is 0.135. The van der Waals surface area contributed by atoms with E-state index in [0.29, 0.717) is 0 Å². The molecule has 18 heavy (non-hydrogen) atoms. The van der Waals surface area contributed by atoms with Gasteiger partial charge in [-0.3, -0.25) is 0 Å². The van der Waals surface area contributed by atoms with Gasteiger partial charge in [0.15, 0.2) is 17.3 Å². The first-order valence-electron chi connectivity index (χ1n) is 4.74. The molecule has 7 heteroatoms. The molecule has 0 saturated heterocycles. The third-order valence-electron chi connectivity index (χ3n) is 1.96. The predicted molar refractivity (Wildman–Crippen MR) is 55.4 cm³/mol. The molecule has 0 atom stereocenters. The van der Waals surface area contributed by atoms with Crippen LogP contribution in [0.5, 0.6) is 11.6 Å². The molecular weight excluding hydrogens is 246 g/mol. The van der Waals surface area contributed by atoms with Crippen molar-refractivity contribution < 1.29 is 23.4 Å². The lowest BCUT2D eigenvalue weighted by Gasteiger charge is -2.05. The standard InChI is InChI=1S/C11H6F2N2O3/c12-6-1-2-7(13)9(3-6)18-10-5-14-8(4-15-10)11(16)17/h1-5H,(H,16,17). The van der Waals surface area contributed by atoms with E-state index in [-0.39, 0.29) is 17.3 Å². The Morgan fingerprint density at radius 2 is 2.00 bits per heavy atom. The molecule has 1 aromatic carbocycles. The van der Waals surface area contributed by atoms with Crippen LogP contribution in [0.2, 0.25) is 0 Å². The Morgan fingerprint density at radius 3 is 2.61 bits per heavy atom. The summed E-state index contributed by atoms with van der Waals surface area (Å²) >= 11 is 0. The van der Waals surface area contributed by atoms with Crippen LogP contribution in [0, 0.1) is 11.6 Å². The zero-order valence-corrected chi connectivity index (χ0v) is 8.80. The van der Waals surface area contributed by atoms with Gasteiger partial charge in [0.1, 0.15) is 5.82 Å². The van der Waals surface area contributed by atoms with Crippen LogP contribution >= 0.6 is 0 Å². The van der Waals surface area contributed by atoms with E-state index in [4.69, 9.17) is 9.84 Å². The smallest absolute Gasteiger partial charge is 0.356 e. The number of halogens is 2. The summed E-state index contributed by atoms with van der Waals surface area (Å²) in [6, 6.07) is 2.70. The zero-order chi connectivity index (χ0) is 13.1. The Bertz CT molecular complexity index is 587. The third-order valence-corrected chi connectivity index (χ3v) is 1.96. The summed E-state index contributed by atoms with van der Waals surface area (Å²) < 4.78 is 31.0. The van der Waals surface area contributed by atoms with Crippen molar-refractivity contribution in [2.45, 2.75) is 0 Å². The fourth-order valence-electron chi connectivity index (χ4n) is 1.15.